The monoisotopic (exact) mass is 266 g/mol. The van der Waals surface area contributed by atoms with Crippen LogP contribution in [0.2, 0.25) is 0 Å². The minimum Gasteiger partial charge on any atom is -0.245 e. The van der Waals surface area contributed by atoms with Crippen molar-refractivity contribution in [3.05, 3.63) is 59.4 Å². The van der Waals surface area contributed by atoms with Crippen LogP contribution in [0.4, 0.5) is 5.95 Å². The summed E-state index contributed by atoms with van der Waals surface area (Å²) in [6, 6.07) is 12.0. The van der Waals surface area contributed by atoms with E-state index in [-0.39, 0.29) is 0 Å². The molecule has 102 valence electrons. The highest BCUT2D eigenvalue weighted by atomic mass is 15.4. The van der Waals surface area contributed by atoms with Crippen molar-refractivity contribution in [3.8, 4) is 0 Å². The molecule has 20 heavy (non-hydrogen) atoms. The lowest BCUT2D eigenvalue weighted by Crippen LogP contribution is -2.01. The van der Waals surface area contributed by atoms with Crippen LogP contribution in [0.25, 0.3) is 6.08 Å². The molecule has 0 radical (unpaired) electrons. The van der Waals surface area contributed by atoms with Gasteiger partial charge in [-0.05, 0) is 38.5 Å². The number of rotatable bonds is 4. The van der Waals surface area contributed by atoms with Crippen LogP contribution in [0.3, 0.4) is 0 Å². The van der Waals surface area contributed by atoms with Crippen molar-refractivity contribution in [2.75, 3.05) is 5.43 Å². The van der Waals surface area contributed by atoms with E-state index in [1.807, 2.05) is 69.3 Å². The van der Waals surface area contributed by atoms with E-state index < -0.39 is 0 Å². The Hall–Kier alpha value is -2.49. The van der Waals surface area contributed by atoms with E-state index in [0.717, 1.165) is 22.7 Å². The molecule has 0 aliphatic rings. The van der Waals surface area contributed by atoms with Crippen LogP contribution in [0.5, 0.6) is 0 Å². The fourth-order valence-corrected chi connectivity index (χ4v) is 1.73. The third-order valence-electron chi connectivity index (χ3n) is 2.63. The van der Waals surface area contributed by atoms with Gasteiger partial charge in [0.1, 0.15) is 0 Å². The lowest BCUT2D eigenvalue weighted by atomic mass is 10.2. The smallest absolute Gasteiger partial charge is 0.243 e. The van der Waals surface area contributed by atoms with Gasteiger partial charge in [-0.15, -0.1) is 0 Å². The predicted octanol–water partition coefficient (Wildman–Crippen LogP) is 3.59. The summed E-state index contributed by atoms with van der Waals surface area (Å²) in [5.74, 6) is 0.523. The van der Waals surface area contributed by atoms with Crippen molar-refractivity contribution in [3.63, 3.8) is 0 Å². The van der Waals surface area contributed by atoms with E-state index >= 15 is 0 Å². The van der Waals surface area contributed by atoms with E-state index in [2.05, 4.69) is 20.5 Å². The van der Waals surface area contributed by atoms with E-state index in [1.54, 1.807) is 0 Å². The van der Waals surface area contributed by atoms with Gasteiger partial charge < -0.3 is 0 Å². The van der Waals surface area contributed by atoms with Crippen molar-refractivity contribution in [2.24, 2.45) is 5.10 Å². The van der Waals surface area contributed by atoms with Crippen LogP contribution in [-0.4, -0.2) is 15.7 Å². The molecular formula is C16H18N4. The number of hydrazone groups is 1. The number of aromatic nitrogens is 2. The molecule has 1 aromatic carbocycles. The highest BCUT2D eigenvalue weighted by Gasteiger charge is 1.97. The second-order valence-electron chi connectivity index (χ2n) is 4.58. The standard InChI is InChI=1S/C16H18N4/c1-12(9-10-15-7-5-4-6-8-15)19-20-16-17-13(2)11-14(3)18-16/h4-11H,1-3H3,(H,17,18,20)/b10-9+,19-12?. The van der Waals surface area contributed by atoms with Crippen molar-refractivity contribution in [1.82, 2.24) is 9.97 Å². The summed E-state index contributed by atoms with van der Waals surface area (Å²) in [6.07, 6.45) is 3.97. The number of anilines is 1. The maximum Gasteiger partial charge on any atom is 0.243 e. The Bertz CT molecular complexity index is 610. The van der Waals surface area contributed by atoms with Gasteiger partial charge >= 0.3 is 0 Å². The zero-order valence-electron chi connectivity index (χ0n) is 12.0. The van der Waals surface area contributed by atoms with Gasteiger partial charge in [-0.25, -0.2) is 15.4 Å². The Balaban J connectivity index is 2.02. The number of allylic oxidation sites excluding steroid dienone is 1. The molecule has 0 unspecified atom stereocenters. The van der Waals surface area contributed by atoms with Crippen molar-refractivity contribution < 1.29 is 0 Å². The fraction of sp³-hybridized carbons (Fsp3) is 0.188. The molecule has 0 spiro atoms. The number of nitrogens with one attached hydrogen (secondary N) is 1. The van der Waals surface area contributed by atoms with E-state index in [0.29, 0.717) is 5.95 Å². The normalized spacial score (nSPS) is 11.8. The summed E-state index contributed by atoms with van der Waals surface area (Å²) >= 11 is 0. The van der Waals surface area contributed by atoms with Gasteiger partial charge in [0.2, 0.25) is 5.95 Å². The van der Waals surface area contributed by atoms with E-state index in [9.17, 15) is 0 Å². The zero-order chi connectivity index (χ0) is 14.4. The number of hydrogen-bond acceptors (Lipinski definition) is 4. The van der Waals surface area contributed by atoms with E-state index in [1.165, 1.54) is 0 Å². The first-order valence-corrected chi connectivity index (χ1v) is 6.49. The molecule has 1 heterocycles. The third-order valence-corrected chi connectivity index (χ3v) is 2.63. The minimum atomic E-state index is 0.523. The lowest BCUT2D eigenvalue weighted by Gasteiger charge is -2.02. The van der Waals surface area contributed by atoms with Crippen LogP contribution >= 0.6 is 0 Å². The van der Waals surface area contributed by atoms with Gasteiger partial charge in [0.05, 0.1) is 5.71 Å². The average Bonchev–Trinajstić information content (AvgIpc) is 2.43. The molecule has 0 atom stereocenters. The highest BCUT2D eigenvalue weighted by Crippen LogP contribution is 2.04. The average molecular weight is 266 g/mol. The Morgan fingerprint density at radius 1 is 1.10 bits per heavy atom. The maximum atomic E-state index is 4.27. The fourth-order valence-electron chi connectivity index (χ4n) is 1.73. The highest BCUT2D eigenvalue weighted by molar-refractivity contribution is 5.96. The number of benzene rings is 1. The molecule has 0 aliphatic heterocycles. The first-order valence-electron chi connectivity index (χ1n) is 6.49. The summed E-state index contributed by atoms with van der Waals surface area (Å²) in [7, 11) is 0. The molecule has 1 aromatic heterocycles. The molecule has 2 rings (SSSR count). The topological polar surface area (TPSA) is 50.2 Å². The van der Waals surface area contributed by atoms with Crippen molar-refractivity contribution in [1.29, 1.82) is 0 Å². The number of hydrogen-bond donors (Lipinski definition) is 1. The van der Waals surface area contributed by atoms with Crippen LogP contribution in [-0.2, 0) is 0 Å². The molecule has 0 saturated carbocycles. The van der Waals surface area contributed by atoms with Crippen molar-refractivity contribution in [2.45, 2.75) is 20.8 Å². The van der Waals surface area contributed by atoms with Crippen molar-refractivity contribution >= 4 is 17.7 Å². The quantitative estimate of drug-likeness (QED) is 0.679. The Morgan fingerprint density at radius 2 is 1.75 bits per heavy atom. The lowest BCUT2D eigenvalue weighted by molar-refractivity contribution is 1.03. The first-order chi connectivity index (χ1) is 9.63. The van der Waals surface area contributed by atoms with Gasteiger partial charge in [-0.2, -0.15) is 5.10 Å². The Morgan fingerprint density at radius 3 is 2.40 bits per heavy atom. The maximum absolute atomic E-state index is 4.27. The predicted molar refractivity (Wildman–Crippen MR) is 83.7 cm³/mol. The third kappa shape index (κ3) is 4.31. The summed E-state index contributed by atoms with van der Waals surface area (Å²) in [5.41, 5.74) is 6.73. The molecular weight excluding hydrogens is 248 g/mol. The van der Waals surface area contributed by atoms with E-state index in [4.69, 9.17) is 0 Å². The van der Waals surface area contributed by atoms with Gasteiger partial charge in [-0.3, -0.25) is 0 Å². The summed E-state index contributed by atoms with van der Waals surface area (Å²) < 4.78 is 0. The summed E-state index contributed by atoms with van der Waals surface area (Å²) in [6.45, 7) is 5.80. The Kier molecular flexibility index (Phi) is 4.60. The molecule has 4 nitrogen and oxygen atoms in total. The van der Waals surface area contributed by atoms with Gasteiger partial charge in [0.25, 0.3) is 0 Å². The summed E-state index contributed by atoms with van der Waals surface area (Å²) in [4.78, 5) is 8.54. The first kappa shape index (κ1) is 13.9. The van der Waals surface area contributed by atoms with Crippen LogP contribution < -0.4 is 5.43 Å². The molecule has 0 bridgehead atoms. The molecule has 0 fully saturated rings. The minimum absolute atomic E-state index is 0.523. The second kappa shape index (κ2) is 6.61. The molecule has 0 aliphatic carbocycles. The molecule has 1 N–H and O–H groups in total. The summed E-state index contributed by atoms with van der Waals surface area (Å²) in [5, 5.41) is 4.25. The van der Waals surface area contributed by atoms with Gasteiger partial charge in [-0.1, -0.05) is 36.4 Å². The second-order valence-corrected chi connectivity index (χ2v) is 4.58. The molecule has 4 heteroatoms. The molecule has 0 amide bonds. The largest absolute Gasteiger partial charge is 0.245 e. The Labute approximate surface area is 119 Å². The molecule has 0 saturated heterocycles. The van der Waals surface area contributed by atoms with Crippen LogP contribution in [0, 0.1) is 13.8 Å². The SMILES string of the molecule is CC(/C=C/c1ccccc1)=NNc1nc(C)cc(C)n1. The zero-order valence-corrected chi connectivity index (χ0v) is 12.0. The van der Waals surface area contributed by atoms with Crippen LogP contribution in [0.1, 0.15) is 23.9 Å². The van der Waals surface area contributed by atoms with Gasteiger partial charge in [0, 0.05) is 11.4 Å². The molecule has 2 aromatic rings. The number of nitrogens with zero attached hydrogens (tertiary/aromatic N) is 3. The number of aryl methyl sites for hydroxylation is 2. The van der Waals surface area contributed by atoms with Gasteiger partial charge in [0.15, 0.2) is 0 Å². The van der Waals surface area contributed by atoms with Crippen LogP contribution in [0.15, 0.2) is 47.6 Å².